The number of nitrogens with one attached hydrogen (secondary N) is 1. The third-order valence-electron chi connectivity index (χ3n) is 2.77. The summed E-state index contributed by atoms with van der Waals surface area (Å²) in [4.78, 5) is 0. The van der Waals surface area contributed by atoms with E-state index in [1.54, 1.807) is 0 Å². The molecule has 0 bridgehead atoms. The Hall–Kier alpha value is 0.660. The number of hydrogen-bond acceptors (Lipinski definition) is 1. The lowest BCUT2D eigenvalue weighted by molar-refractivity contribution is 0.266. The standard InChI is InChI=1S/C7H11BrFN.ClH/c8-7(9)5-6(7)1-3-10-4-2-6;/h10H,1-5H2;1H. The number of piperidine rings is 1. The van der Waals surface area contributed by atoms with Gasteiger partial charge in [0, 0.05) is 11.8 Å². The second-order valence-corrected chi connectivity index (χ2v) is 4.67. The van der Waals surface area contributed by atoms with Gasteiger partial charge in [-0.2, -0.15) is 0 Å². The van der Waals surface area contributed by atoms with E-state index in [0.717, 1.165) is 32.4 Å². The summed E-state index contributed by atoms with van der Waals surface area (Å²) in [6, 6.07) is 0. The van der Waals surface area contributed by atoms with E-state index in [1.165, 1.54) is 0 Å². The molecule has 0 aromatic carbocycles. The van der Waals surface area contributed by atoms with Crippen molar-refractivity contribution in [3.8, 4) is 0 Å². The molecule has 1 nitrogen and oxygen atoms in total. The van der Waals surface area contributed by atoms with Gasteiger partial charge in [-0.15, -0.1) is 12.4 Å². The Balaban J connectivity index is 0.000000605. The average Bonchev–Trinajstić information content (AvgIpc) is 2.36. The zero-order chi connectivity index (χ0) is 7.24. The molecule has 1 N–H and O–H groups in total. The van der Waals surface area contributed by atoms with Gasteiger partial charge in [0.25, 0.3) is 0 Å². The largest absolute Gasteiger partial charge is 0.317 e. The Morgan fingerprint density at radius 3 is 2.00 bits per heavy atom. The molecule has 1 atom stereocenters. The fraction of sp³-hybridized carbons (Fsp3) is 1.00. The maximum Gasteiger partial charge on any atom is 0.171 e. The van der Waals surface area contributed by atoms with Gasteiger partial charge in [-0.1, -0.05) is 0 Å². The molecule has 0 radical (unpaired) electrons. The molecule has 2 fully saturated rings. The van der Waals surface area contributed by atoms with E-state index in [0.29, 0.717) is 0 Å². The van der Waals surface area contributed by atoms with Gasteiger partial charge in [0.15, 0.2) is 4.58 Å². The van der Waals surface area contributed by atoms with Crippen LogP contribution in [0.5, 0.6) is 0 Å². The Kier molecular flexibility index (Phi) is 2.53. The number of rotatable bonds is 0. The molecule has 0 amide bonds. The molecule has 1 aliphatic heterocycles. The van der Waals surface area contributed by atoms with Gasteiger partial charge in [-0.3, -0.25) is 0 Å². The van der Waals surface area contributed by atoms with Crippen LogP contribution in [0.2, 0.25) is 0 Å². The van der Waals surface area contributed by atoms with Crippen molar-refractivity contribution in [1.82, 2.24) is 5.32 Å². The van der Waals surface area contributed by atoms with Gasteiger partial charge < -0.3 is 5.32 Å². The predicted molar refractivity (Wildman–Crippen MR) is 49.2 cm³/mol. The molecule has 11 heavy (non-hydrogen) atoms. The first-order chi connectivity index (χ1) is 4.66. The van der Waals surface area contributed by atoms with E-state index in [1.807, 2.05) is 0 Å². The van der Waals surface area contributed by atoms with Crippen LogP contribution in [-0.2, 0) is 0 Å². The van der Waals surface area contributed by atoms with E-state index < -0.39 is 4.58 Å². The summed E-state index contributed by atoms with van der Waals surface area (Å²) in [5.74, 6) is 0. The maximum absolute atomic E-state index is 13.2. The van der Waals surface area contributed by atoms with Gasteiger partial charge in [0.2, 0.25) is 0 Å². The topological polar surface area (TPSA) is 12.0 Å². The summed E-state index contributed by atoms with van der Waals surface area (Å²) in [6.45, 7) is 1.97. The monoisotopic (exact) mass is 243 g/mol. The summed E-state index contributed by atoms with van der Waals surface area (Å²) >= 11 is 3.11. The van der Waals surface area contributed by atoms with Gasteiger partial charge in [-0.25, -0.2) is 4.39 Å². The fourth-order valence-electron chi connectivity index (χ4n) is 1.83. The van der Waals surface area contributed by atoms with E-state index in [2.05, 4.69) is 21.2 Å². The molecular formula is C7H12BrClFN. The maximum atomic E-state index is 13.2. The molecule has 2 aliphatic rings. The van der Waals surface area contributed by atoms with Gasteiger partial charge in [0.1, 0.15) is 0 Å². The smallest absolute Gasteiger partial charge is 0.171 e. The molecule has 1 saturated carbocycles. The average molecular weight is 245 g/mol. The summed E-state index contributed by atoms with van der Waals surface area (Å²) in [5, 5.41) is 3.23. The molecule has 1 saturated heterocycles. The van der Waals surface area contributed by atoms with E-state index in [-0.39, 0.29) is 17.8 Å². The first-order valence-electron chi connectivity index (χ1n) is 3.75. The molecule has 0 aromatic rings. The zero-order valence-electron chi connectivity index (χ0n) is 6.20. The predicted octanol–water partition coefficient (Wildman–Crippen LogP) is 2.24. The molecule has 2 rings (SSSR count). The molecule has 66 valence electrons. The highest BCUT2D eigenvalue weighted by atomic mass is 79.9. The van der Waals surface area contributed by atoms with Crippen LogP contribution in [0.3, 0.4) is 0 Å². The van der Waals surface area contributed by atoms with Crippen LogP contribution in [0.15, 0.2) is 0 Å². The first-order valence-corrected chi connectivity index (χ1v) is 4.54. The lowest BCUT2D eigenvalue weighted by Gasteiger charge is -2.22. The highest BCUT2D eigenvalue weighted by molar-refractivity contribution is 9.10. The van der Waals surface area contributed by atoms with Crippen LogP contribution in [0.1, 0.15) is 19.3 Å². The Labute approximate surface area is 80.7 Å². The van der Waals surface area contributed by atoms with Crippen molar-refractivity contribution in [3.63, 3.8) is 0 Å². The van der Waals surface area contributed by atoms with Gasteiger partial charge in [0.05, 0.1) is 0 Å². The quantitative estimate of drug-likeness (QED) is 0.645. The Morgan fingerprint density at radius 1 is 1.27 bits per heavy atom. The Morgan fingerprint density at radius 2 is 1.73 bits per heavy atom. The van der Waals surface area contributed by atoms with Crippen molar-refractivity contribution in [3.05, 3.63) is 0 Å². The molecule has 1 aliphatic carbocycles. The summed E-state index contributed by atoms with van der Waals surface area (Å²) in [5.41, 5.74) is 0.0122. The highest BCUT2D eigenvalue weighted by Crippen LogP contribution is 2.67. The summed E-state index contributed by atoms with van der Waals surface area (Å²) in [6.07, 6.45) is 2.71. The van der Waals surface area contributed by atoms with Crippen LogP contribution in [0, 0.1) is 5.41 Å². The molecule has 1 heterocycles. The first kappa shape index (κ1) is 9.75. The molecular weight excluding hydrogens is 232 g/mol. The lowest BCUT2D eigenvalue weighted by atomic mass is 9.95. The SMILES string of the molecule is Cl.FC1(Br)CC12CCNCC2. The minimum Gasteiger partial charge on any atom is -0.317 e. The normalized spacial score (nSPS) is 39.8. The van der Waals surface area contributed by atoms with Crippen molar-refractivity contribution in [2.75, 3.05) is 13.1 Å². The lowest BCUT2D eigenvalue weighted by Crippen LogP contribution is -2.31. The summed E-state index contributed by atoms with van der Waals surface area (Å²) < 4.78 is 12.2. The number of hydrogen-bond donors (Lipinski definition) is 1. The second kappa shape index (κ2) is 2.86. The van der Waals surface area contributed by atoms with Crippen molar-refractivity contribution >= 4 is 28.3 Å². The van der Waals surface area contributed by atoms with Gasteiger partial charge in [-0.05, 0) is 41.9 Å². The van der Waals surface area contributed by atoms with Crippen molar-refractivity contribution in [2.45, 2.75) is 23.8 Å². The third-order valence-corrected chi connectivity index (χ3v) is 3.89. The zero-order valence-corrected chi connectivity index (χ0v) is 8.60. The van der Waals surface area contributed by atoms with E-state index in [4.69, 9.17) is 0 Å². The molecule has 0 aromatic heterocycles. The van der Waals surface area contributed by atoms with Crippen LogP contribution < -0.4 is 5.32 Å². The molecule has 4 heteroatoms. The molecule has 1 spiro atoms. The number of alkyl halides is 2. The second-order valence-electron chi connectivity index (χ2n) is 3.41. The number of halogens is 3. The highest BCUT2D eigenvalue weighted by Gasteiger charge is 2.67. The van der Waals surface area contributed by atoms with E-state index >= 15 is 0 Å². The van der Waals surface area contributed by atoms with Crippen LogP contribution >= 0.6 is 28.3 Å². The minimum atomic E-state index is -1.01. The van der Waals surface area contributed by atoms with Crippen LogP contribution in [-0.4, -0.2) is 17.7 Å². The summed E-state index contributed by atoms with van der Waals surface area (Å²) in [7, 11) is 0. The third kappa shape index (κ3) is 1.43. The van der Waals surface area contributed by atoms with Crippen molar-refractivity contribution in [1.29, 1.82) is 0 Å². The van der Waals surface area contributed by atoms with Gasteiger partial charge >= 0.3 is 0 Å². The molecule has 1 unspecified atom stereocenters. The van der Waals surface area contributed by atoms with Crippen LogP contribution in [0.25, 0.3) is 0 Å². The van der Waals surface area contributed by atoms with Crippen LogP contribution in [0.4, 0.5) is 4.39 Å². The minimum absolute atomic E-state index is 0. The van der Waals surface area contributed by atoms with Crippen molar-refractivity contribution in [2.24, 2.45) is 5.41 Å². The van der Waals surface area contributed by atoms with E-state index in [9.17, 15) is 4.39 Å². The Bertz CT molecular complexity index is 157. The fourth-order valence-corrected chi connectivity index (χ4v) is 2.76. The van der Waals surface area contributed by atoms with Crippen molar-refractivity contribution < 1.29 is 4.39 Å².